The Kier molecular flexibility index (Phi) is 5.46. The number of hydrogen-bond donors (Lipinski definition) is 2. The minimum atomic E-state index is -0.135. The van der Waals surface area contributed by atoms with Gasteiger partial charge in [-0.15, -0.1) is 0 Å². The Bertz CT molecular complexity index is 286. The summed E-state index contributed by atoms with van der Waals surface area (Å²) in [6.07, 6.45) is 3.13. The highest BCUT2D eigenvalue weighted by Crippen LogP contribution is 2.15. The van der Waals surface area contributed by atoms with Gasteiger partial charge in [0.1, 0.15) is 0 Å². The fourth-order valence-electron chi connectivity index (χ4n) is 2.16. The van der Waals surface area contributed by atoms with E-state index < -0.39 is 0 Å². The molecule has 0 aliphatic heterocycles. The van der Waals surface area contributed by atoms with E-state index in [2.05, 4.69) is 42.9 Å². The van der Waals surface area contributed by atoms with Crippen LogP contribution < -0.4 is 5.32 Å². The largest absolute Gasteiger partial charge is 0.394 e. The lowest BCUT2D eigenvalue weighted by Crippen LogP contribution is -2.50. The van der Waals surface area contributed by atoms with Gasteiger partial charge in [-0.2, -0.15) is 11.3 Å². The summed E-state index contributed by atoms with van der Waals surface area (Å²) >= 11 is 1.74. The summed E-state index contributed by atoms with van der Waals surface area (Å²) in [4.78, 5) is 0. The number of rotatable bonds is 7. The van der Waals surface area contributed by atoms with Gasteiger partial charge in [0.05, 0.1) is 6.61 Å². The van der Waals surface area contributed by atoms with Crippen molar-refractivity contribution in [2.45, 2.75) is 51.6 Å². The zero-order valence-corrected chi connectivity index (χ0v) is 11.3. The number of thiophene rings is 1. The lowest BCUT2D eigenvalue weighted by molar-refractivity contribution is 0.153. The lowest BCUT2D eigenvalue weighted by Gasteiger charge is -2.32. The van der Waals surface area contributed by atoms with Crippen molar-refractivity contribution in [2.75, 3.05) is 6.61 Å². The van der Waals surface area contributed by atoms with E-state index in [0.29, 0.717) is 6.04 Å². The molecule has 0 spiro atoms. The first-order chi connectivity index (χ1) is 7.59. The Hall–Kier alpha value is -0.380. The van der Waals surface area contributed by atoms with Crippen LogP contribution in [0.1, 0.15) is 39.2 Å². The van der Waals surface area contributed by atoms with Crippen LogP contribution in [0.4, 0.5) is 0 Å². The van der Waals surface area contributed by atoms with Crippen LogP contribution in [0, 0.1) is 0 Å². The molecule has 92 valence electrons. The number of hydrogen-bond acceptors (Lipinski definition) is 3. The molecule has 0 aliphatic carbocycles. The maximum atomic E-state index is 9.43. The van der Waals surface area contributed by atoms with Crippen LogP contribution >= 0.6 is 11.3 Å². The van der Waals surface area contributed by atoms with Crippen molar-refractivity contribution in [1.82, 2.24) is 5.32 Å². The monoisotopic (exact) mass is 241 g/mol. The van der Waals surface area contributed by atoms with Crippen molar-refractivity contribution in [3.8, 4) is 0 Å². The summed E-state index contributed by atoms with van der Waals surface area (Å²) in [6, 6.07) is 2.57. The Morgan fingerprint density at radius 1 is 1.56 bits per heavy atom. The second-order valence-corrected chi connectivity index (χ2v) is 5.63. The Morgan fingerprint density at radius 3 is 2.81 bits per heavy atom. The van der Waals surface area contributed by atoms with Gasteiger partial charge in [-0.25, -0.2) is 0 Å². The van der Waals surface area contributed by atoms with E-state index in [9.17, 15) is 5.11 Å². The van der Waals surface area contributed by atoms with Crippen molar-refractivity contribution in [3.63, 3.8) is 0 Å². The van der Waals surface area contributed by atoms with Crippen molar-refractivity contribution in [3.05, 3.63) is 22.4 Å². The molecule has 2 atom stereocenters. The van der Waals surface area contributed by atoms with Gasteiger partial charge in [0.25, 0.3) is 0 Å². The van der Waals surface area contributed by atoms with E-state index in [-0.39, 0.29) is 12.1 Å². The van der Waals surface area contributed by atoms with Crippen LogP contribution in [0.5, 0.6) is 0 Å². The summed E-state index contributed by atoms with van der Waals surface area (Å²) in [5, 5.41) is 17.3. The first kappa shape index (κ1) is 13.7. The average Bonchev–Trinajstić information content (AvgIpc) is 2.70. The van der Waals surface area contributed by atoms with E-state index in [1.807, 2.05) is 0 Å². The maximum absolute atomic E-state index is 9.43. The zero-order chi connectivity index (χ0) is 12.0. The quantitative estimate of drug-likeness (QED) is 0.769. The van der Waals surface area contributed by atoms with E-state index >= 15 is 0 Å². The molecule has 0 aliphatic rings. The van der Waals surface area contributed by atoms with E-state index in [4.69, 9.17) is 0 Å². The molecule has 0 saturated heterocycles. The third-order valence-electron chi connectivity index (χ3n) is 2.87. The third-order valence-corrected chi connectivity index (χ3v) is 3.60. The molecule has 0 bridgehead atoms. The van der Waals surface area contributed by atoms with Crippen molar-refractivity contribution in [1.29, 1.82) is 0 Å². The normalized spacial score (nSPS) is 17.0. The summed E-state index contributed by atoms with van der Waals surface area (Å²) < 4.78 is 0. The second-order valence-electron chi connectivity index (χ2n) is 4.85. The molecule has 0 aromatic carbocycles. The van der Waals surface area contributed by atoms with Gasteiger partial charge in [-0.1, -0.05) is 13.3 Å². The first-order valence-electron chi connectivity index (χ1n) is 5.99. The summed E-state index contributed by atoms with van der Waals surface area (Å²) in [5.74, 6) is 0. The molecule has 0 amide bonds. The SMILES string of the molecule is CCCC(C)(CO)NC(C)Cc1ccsc1. The topological polar surface area (TPSA) is 32.3 Å². The predicted octanol–water partition coefficient (Wildman–Crippen LogP) is 2.82. The fraction of sp³-hybridized carbons (Fsp3) is 0.692. The minimum absolute atomic E-state index is 0.135. The van der Waals surface area contributed by atoms with Crippen LogP contribution in [-0.2, 0) is 6.42 Å². The highest BCUT2D eigenvalue weighted by molar-refractivity contribution is 7.07. The molecule has 0 fully saturated rings. The van der Waals surface area contributed by atoms with E-state index in [0.717, 1.165) is 19.3 Å². The van der Waals surface area contributed by atoms with Crippen LogP contribution in [0.3, 0.4) is 0 Å². The molecular formula is C13H23NOS. The predicted molar refractivity (Wildman–Crippen MR) is 71.0 cm³/mol. The number of aliphatic hydroxyl groups excluding tert-OH is 1. The van der Waals surface area contributed by atoms with Gasteiger partial charge in [-0.05, 0) is 49.1 Å². The zero-order valence-electron chi connectivity index (χ0n) is 10.5. The summed E-state index contributed by atoms with van der Waals surface area (Å²) in [7, 11) is 0. The summed E-state index contributed by atoms with van der Waals surface area (Å²) in [5.41, 5.74) is 1.24. The minimum Gasteiger partial charge on any atom is -0.394 e. The van der Waals surface area contributed by atoms with Crippen molar-refractivity contribution < 1.29 is 5.11 Å². The summed E-state index contributed by atoms with van der Waals surface area (Å²) in [6.45, 7) is 6.63. The molecule has 0 saturated carbocycles. The molecule has 16 heavy (non-hydrogen) atoms. The molecule has 1 aromatic rings. The molecule has 1 heterocycles. The van der Waals surface area contributed by atoms with Gasteiger partial charge in [0, 0.05) is 11.6 Å². The standard InChI is InChI=1S/C13H23NOS/c1-4-6-13(3,10-15)14-11(2)8-12-5-7-16-9-12/h5,7,9,11,14-15H,4,6,8,10H2,1-3H3. The third kappa shape index (κ3) is 4.24. The maximum Gasteiger partial charge on any atom is 0.0610 e. The highest BCUT2D eigenvalue weighted by Gasteiger charge is 2.23. The van der Waals surface area contributed by atoms with Crippen LogP contribution in [0.15, 0.2) is 16.8 Å². The van der Waals surface area contributed by atoms with Crippen molar-refractivity contribution >= 4 is 11.3 Å². The molecule has 1 aromatic heterocycles. The molecular weight excluding hydrogens is 218 g/mol. The second kappa shape index (κ2) is 6.38. The molecule has 2 N–H and O–H groups in total. The van der Waals surface area contributed by atoms with Gasteiger partial charge >= 0.3 is 0 Å². The number of aliphatic hydroxyl groups is 1. The van der Waals surface area contributed by atoms with Gasteiger partial charge in [0.2, 0.25) is 0 Å². The van der Waals surface area contributed by atoms with E-state index in [1.165, 1.54) is 5.56 Å². The van der Waals surface area contributed by atoms with Crippen LogP contribution in [0.25, 0.3) is 0 Å². The van der Waals surface area contributed by atoms with Crippen LogP contribution in [0.2, 0.25) is 0 Å². The van der Waals surface area contributed by atoms with Gasteiger partial charge in [0.15, 0.2) is 0 Å². The number of nitrogens with one attached hydrogen (secondary N) is 1. The Balaban J connectivity index is 2.45. The van der Waals surface area contributed by atoms with Gasteiger partial charge in [-0.3, -0.25) is 0 Å². The fourth-order valence-corrected chi connectivity index (χ4v) is 2.84. The average molecular weight is 241 g/mol. The van der Waals surface area contributed by atoms with Gasteiger partial charge < -0.3 is 10.4 Å². The lowest BCUT2D eigenvalue weighted by atomic mass is 9.95. The molecule has 2 unspecified atom stereocenters. The smallest absolute Gasteiger partial charge is 0.0610 e. The highest BCUT2D eigenvalue weighted by atomic mass is 32.1. The van der Waals surface area contributed by atoms with E-state index in [1.54, 1.807) is 11.3 Å². The molecule has 0 radical (unpaired) electrons. The molecule has 3 heteroatoms. The van der Waals surface area contributed by atoms with Crippen LogP contribution in [-0.4, -0.2) is 23.3 Å². The Morgan fingerprint density at radius 2 is 2.31 bits per heavy atom. The first-order valence-corrected chi connectivity index (χ1v) is 6.93. The Labute approximate surface area is 103 Å². The molecule has 2 nitrogen and oxygen atoms in total. The molecule has 1 rings (SSSR count). The van der Waals surface area contributed by atoms with Crippen molar-refractivity contribution in [2.24, 2.45) is 0 Å².